The van der Waals surface area contributed by atoms with E-state index in [0.717, 1.165) is 51.4 Å². The summed E-state index contributed by atoms with van der Waals surface area (Å²) in [6.07, 6.45) is 18.5. The molecule has 0 spiro atoms. The number of carbonyl (C=O) groups excluding carboxylic acids is 4. The molecule has 8 N–H and O–H groups in total. The summed E-state index contributed by atoms with van der Waals surface area (Å²) >= 11 is 0. The minimum absolute atomic E-state index is 0.00522. The Labute approximate surface area is 329 Å². The molecule has 1 atom stereocenters. The number of hydrazone groups is 1. The minimum Gasteiger partial charge on any atom is -0.480 e. The summed E-state index contributed by atoms with van der Waals surface area (Å²) in [5, 5.41) is 21.0. The summed E-state index contributed by atoms with van der Waals surface area (Å²) in [7, 11) is 0. The Bertz CT molecular complexity index is 1030. The van der Waals surface area contributed by atoms with Crippen molar-refractivity contribution in [2.24, 2.45) is 16.7 Å². The second kappa shape index (κ2) is 38.9. The van der Waals surface area contributed by atoms with Gasteiger partial charge in [-0.3, -0.25) is 19.2 Å². The molecule has 0 unspecified atom stereocenters. The first-order chi connectivity index (χ1) is 26.7. The highest BCUT2D eigenvalue weighted by atomic mass is 16.5. The van der Waals surface area contributed by atoms with Gasteiger partial charge in [0.2, 0.25) is 17.7 Å². The first-order valence-electron chi connectivity index (χ1n) is 20.6. The lowest BCUT2D eigenvalue weighted by molar-refractivity contribution is -0.142. The molecule has 16 nitrogen and oxygen atoms in total. The van der Waals surface area contributed by atoms with E-state index < -0.39 is 12.0 Å². The van der Waals surface area contributed by atoms with E-state index in [1.54, 1.807) is 0 Å². The highest BCUT2D eigenvalue weighted by Crippen LogP contribution is 2.13. The maximum absolute atomic E-state index is 12.3. The predicted molar refractivity (Wildman–Crippen MR) is 212 cm³/mol. The number of rotatable bonds is 41. The molecule has 0 saturated heterocycles. The number of nitrogens with one attached hydrogen (secondary N) is 3. The molecule has 320 valence electrons. The van der Waals surface area contributed by atoms with Gasteiger partial charge in [-0.25, -0.2) is 4.79 Å². The lowest BCUT2D eigenvalue weighted by atomic mass is 10.0. The smallest absolute Gasteiger partial charge is 0.326 e. The number of carboxylic acid groups (broad SMARTS) is 1. The zero-order valence-corrected chi connectivity index (χ0v) is 33.7. The van der Waals surface area contributed by atoms with Crippen LogP contribution in [0.25, 0.3) is 0 Å². The number of carbonyl (C=O) groups is 5. The molecule has 0 fully saturated rings. The van der Waals surface area contributed by atoms with Crippen molar-refractivity contribution in [1.29, 1.82) is 0 Å². The van der Waals surface area contributed by atoms with E-state index in [4.69, 9.17) is 30.5 Å². The number of nitrogens with two attached hydrogens (primary N) is 2. The van der Waals surface area contributed by atoms with Crippen LogP contribution in [0.1, 0.15) is 142 Å². The minimum atomic E-state index is -1.17. The van der Waals surface area contributed by atoms with Crippen LogP contribution in [0.2, 0.25) is 0 Å². The number of amides is 3. The number of Topliss-reactive ketones (excluding diaryl/α,β-unsaturated/α-hetero) is 1. The average Bonchev–Trinajstić information content (AvgIpc) is 3.16. The van der Waals surface area contributed by atoms with Gasteiger partial charge < -0.3 is 51.6 Å². The number of unbranched alkanes of at least 4 members (excludes halogenated alkanes) is 13. The highest BCUT2D eigenvalue weighted by molar-refractivity contribution is 5.84. The van der Waals surface area contributed by atoms with Gasteiger partial charge in [-0.1, -0.05) is 84.0 Å². The number of amidine groups is 1. The lowest BCUT2D eigenvalue weighted by Crippen LogP contribution is -2.41. The molecule has 0 aliphatic heterocycles. The van der Waals surface area contributed by atoms with Crippen molar-refractivity contribution in [2.75, 3.05) is 65.9 Å². The van der Waals surface area contributed by atoms with Crippen molar-refractivity contribution in [1.82, 2.24) is 16.0 Å². The molecule has 0 saturated carbocycles. The maximum Gasteiger partial charge on any atom is 0.326 e. The third-order valence-electron chi connectivity index (χ3n) is 8.70. The summed E-state index contributed by atoms with van der Waals surface area (Å²) in [6.45, 7) is 4.71. The van der Waals surface area contributed by atoms with E-state index in [1.807, 2.05) is 0 Å². The van der Waals surface area contributed by atoms with Crippen LogP contribution < -0.4 is 27.5 Å². The van der Waals surface area contributed by atoms with Gasteiger partial charge in [-0.05, 0) is 32.1 Å². The van der Waals surface area contributed by atoms with E-state index in [9.17, 15) is 29.1 Å². The SMILES string of the molecule is CCCCNC(=O)COCCOCCCC(=O)COCCOCCNC(=O)CC[C@H](NC(=O)CCCCCCCCCCCCCCC/C(N)=N/N)C(=O)O. The van der Waals surface area contributed by atoms with Gasteiger partial charge >= 0.3 is 5.97 Å². The average molecular weight is 787 g/mol. The zero-order chi connectivity index (χ0) is 40.6. The summed E-state index contributed by atoms with van der Waals surface area (Å²) < 4.78 is 21.4. The number of ketones is 1. The summed E-state index contributed by atoms with van der Waals surface area (Å²) in [6, 6.07) is -1.12. The van der Waals surface area contributed by atoms with Crippen LogP contribution in [0, 0.1) is 0 Å². The second-order valence-electron chi connectivity index (χ2n) is 13.7. The number of aliphatic carboxylic acids is 1. The number of hydrogen-bond donors (Lipinski definition) is 6. The van der Waals surface area contributed by atoms with Crippen molar-refractivity contribution >= 4 is 35.3 Å². The third-order valence-corrected chi connectivity index (χ3v) is 8.70. The van der Waals surface area contributed by atoms with Crippen molar-refractivity contribution in [2.45, 2.75) is 148 Å². The molecular weight excluding hydrogens is 712 g/mol. The number of carboxylic acids is 1. The molecule has 0 aliphatic carbocycles. The van der Waals surface area contributed by atoms with Crippen LogP contribution in [0.5, 0.6) is 0 Å². The van der Waals surface area contributed by atoms with E-state index in [-0.39, 0.29) is 82.3 Å². The van der Waals surface area contributed by atoms with Gasteiger partial charge in [0.1, 0.15) is 25.1 Å². The molecule has 0 rings (SSSR count). The van der Waals surface area contributed by atoms with Crippen LogP contribution in [0.4, 0.5) is 0 Å². The number of hydrogen-bond acceptors (Lipinski definition) is 11. The molecule has 0 aromatic carbocycles. The molecular formula is C39H74N6O10. The van der Waals surface area contributed by atoms with Gasteiger partial charge in [0, 0.05) is 45.4 Å². The summed E-state index contributed by atoms with van der Waals surface area (Å²) in [5.74, 6) is 3.66. The van der Waals surface area contributed by atoms with Gasteiger partial charge in [-0.2, -0.15) is 5.10 Å². The standard InChI is InChI=1S/C39H74N6O10/c1-2-3-23-42-38(49)32-55-30-27-52-25-17-18-33(46)31-54-29-28-53-26-24-43-36(47)22-21-34(39(50)51)44-37(48)20-16-14-12-10-8-6-4-5-7-9-11-13-15-19-35(40)45-41/h34H,2-32,41H2,1H3,(H2,40,45)(H,42,49)(H,43,47)(H,44,48)(H,50,51)/t34-/m0/s1. The third kappa shape index (κ3) is 37.4. The van der Waals surface area contributed by atoms with Crippen LogP contribution in [0.3, 0.4) is 0 Å². The zero-order valence-electron chi connectivity index (χ0n) is 33.7. The Balaban J connectivity index is 3.66. The molecule has 0 radical (unpaired) electrons. The Hall–Kier alpha value is -3.34. The fraction of sp³-hybridized carbons (Fsp3) is 0.846. The fourth-order valence-electron chi connectivity index (χ4n) is 5.44. The normalized spacial score (nSPS) is 12.0. The van der Waals surface area contributed by atoms with Crippen molar-refractivity contribution < 1.29 is 48.0 Å². The van der Waals surface area contributed by atoms with E-state index in [2.05, 4.69) is 28.0 Å². The highest BCUT2D eigenvalue weighted by Gasteiger charge is 2.20. The molecule has 0 aromatic rings. The van der Waals surface area contributed by atoms with Gasteiger partial charge in [0.25, 0.3) is 0 Å². The van der Waals surface area contributed by atoms with Gasteiger partial charge in [0.15, 0.2) is 5.78 Å². The van der Waals surface area contributed by atoms with E-state index in [0.29, 0.717) is 51.5 Å². The quantitative estimate of drug-likeness (QED) is 0.0170. The predicted octanol–water partition coefficient (Wildman–Crippen LogP) is 3.87. The topological polar surface area (TPSA) is 243 Å². The molecule has 0 aromatic heterocycles. The molecule has 3 amide bonds. The van der Waals surface area contributed by atoms with E-state index in [1.165, 1.54) is 44.9 Å². The van der Waals surface area contributed by atoms with Crippen LogP contribution in [-0.2, 0) is 42.9 Å². The lowest BCUT2D eigenvalue weighted by Gasteiger charge is -2.14. The largest absolute Gasteiger partial charge is 0.480 e. The first kappa shape index (κ1) is 51.7. The first-order valence-corrected chi connectivity index (χ1v) is 20.6. The molecule has 0 bridgehead atoms. The molecule has 55 heavy (non-hydrogen) atoms. The van der Waals surface area contributed by atoms with Gasteiger partial charge in [-0.15, -0.1) is 0 Å². The molecule has 16 heteroatoms. The van der Waals surface area contributed by atoms with Crippen molar-refractivity contribution in [3.05, 3.63) is 0 Å². The second-order valence-corrected chi connectivity index (χ2v) is 13.7. The van der Waals surface area contributed by atoms with Crippen molar-refractivity contribution in [3.8, 4) is 0 Å². The monoisotopic (exact) mass is 787 g/mol. The van der Waals surface area contributed by atoms with Crippen LogP contribution in [-0.4, -0.2) is 112 Å². The van der Waals surface area contributed by atoms with Gasteiger partial charge in [0.05, 0.1) is 33.0 Å². The fourth-order valence-corrected chi connectivity index (χ4v) is 5.44. The molecule has 0 heterocycles. The molecule has 0 aliphatic rings. The Kier molecular flexibility index (Phi) is 36.6. The Morgan fingerprint density at radius 1 is 0.564 bits per heavy atom. The maximum atomic E-state index is 12.3. The summed E-state index contributed by atoms with van der Waals surface area (Å²) in [5.41, 5.74) is 5.59. The van der Waals surface area contributed by atoms with E-state index >= 15 is 0 Å². The Morgan fingerprint density at radius 2 is 1.09 bits per heavy atom. The Morgan fingerprint density at radius 3 is 1.67 bits per heavy atom. The number of ether oxygens (including phenoxy) is 4. The van der Waals surface area contributed by atoms with Crippen molar-refractivity contribution in [3.63, 3.8) is 0 Å². The van der Waals surface area contributed by atoms with Crippen LogP contribution in [0.15, 0.2) is 5.10 Å². The van der Waals surface area contributed by atoms with Crippen LogP contribution >= 0.6 is 0 Å². The number of nitrogens with zero attached hydrogens (tertiary/aromatic N) is 1. The summed E-state index contributed by atoms with van der Waals surface area (Å²) in [4.78, 5) is 59.6.